The Morgan fingerprint density at radius 3 is 2.88 bits per heavy atom. The van der Waals surface area contributed by atoms with Gasteiger partial charge in [0.1, 0.15) is 5.82 Å². The van der Waals surface area contributed by atoms with Crippen LogP contribution in [0, 0.1) is 0 Å². The maximum Gasteiger partial charge on any atom is 0.255 e. The van der Waals surface area contributed by atoms with Crippen molar-refractivity contribution in [2.75, 3.05) is 26.0 Å². The lowest BCUT2D eigenvalue weighted by Gasteiger charge is -2.17. The fourth-order valence-electron chi connectivity index (χ4n) is 1.44. The molecule has 0 radical (unpaired) electrons. The van der Waals surface area contributed by atoms with E-state index in [2.05, 4.69) is 17.2 Å². The zero-order valence-electron chi connectivity index (χ0n) is 10.5. The van der Waals surface area contributed by atoms with Crippen LogP contribution in [0.15, 0.2) is 12.3 Å². The van der Waals surface area contributed by atoms with Crippen LogP contribution in [0.4, 0.5) is 5.82 Å². The summed E-state index contributed by atoms with van der Waals surface area (Å²) in [6, 6.07) is 1.67. The highest BCUT2D eigenvalue weighted by molar-refractivity contribution is 6.33. The van der Waals surface area contributed by atoms with Crippen molar-refractivity contribution in [2.24, 2.45) is 0 Å². The molecule has 0 atom stereocenters. The fourth-order valence-corrected chi connectivity index (χ4v) is 1.63. The Kier molecular flexibility index (Phi) is 5.22. The van der Waals surface area contributed by atoms with E-state index < -0.39 is 0 Å². The molecule has 1 amide bonds. The Hall–Kier alpha value is -1.29. The van der Waals surface area contributed by atoms with Gasteiger partial charge < -0.3 is 10.2 Å². The first-order valence-corrected chi connectivity index (χ1v) is 6.06. The topological polar surface area (TPSA) is 45.2 Å². The van der Waals surface area contributed by atoms with E-state index in [1.807, 2.05) is 0 Å². The quantitative estimate of drug-likeness (QED) is 0.880. The summed E-state index contributed by atoms with van der Waals surface area (Å²) in [5.74, 6) is 0.573. The van der Waals surface area contributed by atoms with E-state index in [1.54, 1.807) is 25.1 Å². The molecule has 0 fully saturated rings. The highest BCUT2D eigenvalue weighted by atomic mass is 35.5. The van der Waals surface area contributed by atoms with Crippen LogP contribution in [0.5, 0.6) is 0 Å². The van der Waals surface area contributed by atoms with E-state index in [4.69, 9.17) is 11.6 Å². The van der Waals surface area contributed by atoms with Gasteiger partial charge in [-0.2, -0.15) is 0 Å². The molecule has 0 spiro atoms. The van der Waals surface area contributed by atoms with Crippen LogP contribution in [0.25, 0.3) is 0 Å². The Morgan fingerprint density at radius 1 is 1.59 bits per heavy atom. The number of rotatable bonds is 5. The van der Waals surface area contributed by atoms with Gasteiger partial charge in [0.15, 0.2) is 0 Å². The van der Waals surface area contributed by atoms with Crippen molar-refractivity contribution in [1.29, 1.82) is 0 Å². The molecular weight excluding hydrogens is 238 g/mol. The monoisotopic (exact) mass is 255 g/mol. The molecule has 94 valence electrons. The van der Waals surface area contributed by atoms with Gasteiger partial charge in [-0.25, -0.2) is 4.98 Å². The van der Waals surface area contributed by atoms with E-state index in [9.17, 15) is 4.79 Å². The molecule has 4 nitrogen and oxygen atoms in total. The number of hydrogen-bond acceptors (Lipinski definition) is 3. The maximum atomic E-state index is 12.1. The van der Waals surface area contributed by atoms with E-state index in [-0.39, 0.29) is 5.91 Å². The Morgan fingerprint density at radius 2 is 2.29 bits per heavy atom. The molecule has 1 heterocycles. The first-order chi connectivity index (χ1) is 8.10. The van der Waals surface area contributed by atoms with Gasteiger partial charge in [-0.15, -0.1) is 0 Å². The molecule has 17 heavy (non-hydrogen) atoms. The number of nitrogens with one attached hydrogen (secondary N) is 1. The van der Waals surface area contributed by atoms with Crippen LogP contribution in [-0.4, -0.2) is 36.4 Å². The highest BCUT2D eigenvalue weighted by Gasteiger charge is 2.15. The van der Waals surface area contributed by atoms with Crippen molar-refractivity contribution in [3.05, 3.63) is 22.8 Å². The van der Waals surface area contributed by atoms with Crippen molar-refractivity contribution in [3.63, 3.8) is 0 Å². The lowest BCUT2D eigenvalue weighted by Crippen LogP contribution is -2.28. The van der Waals surface area contributed by atoms with Gasteiger partial charge in [0.2, 0.25) is 0 Å². The first kappa shape index (κ1) is 13.8. The Bertz CT molecular complexity index is 395. The molecule has 0 saturated carbocycles. The summed E-state index contributed by atoms with van der Waals surface area (Å²) < 4.78 is 0. The van der Waals surface area contributed by atoms with Gasteiger partial charge in [-0.1, -0.05) is 24.9 Å². The standard InChI is InChI=1S/C12H18ClN3O/c1-4-5-6-16(3)12(17)9-7-11(14-2)15-8-10(9)13/h7-8H,4-6H2,1-3H3,(H,14,15). The number of hydrogen-bond donors (Lipinski definition) is 1. The minimum atomic E-state index is -0.0673. The second-order valence-corrected chi connectivity index (χ2v) is 4.29. The number of anilines is 1. The maximum absolute atomic E-state index is 12.1. The highest BCUT2D eigenvalue weighted by Crippen LogP contribution is 2.19. The number of pyridine rings is 1. The average Bonchev–Trinajstić information content (AvgIpc) is 2.35. The molecule has 1 rings (SSSR count). The first-order valence-electron chi connectivity index (χ1n) is 5.69. The smallest absolute Gasteiger partial charge is 0.255 e. The zero-order valence-corrected chi connectivity index (χ0v) is 11.2. The second kappa shape index (κ2) is 6.45. The van der Waals surface area contributed by atoms with Gasteiger partial charge in [-0.05, 0) is 12.5 Å². The largest absolute Gasteiger partial charge is 0.373 e. The molecule has 0 saturated heterocycles. The second-order valence-electron chi connectivity index (χ2n) is 3.88. The summed E-state index contributed by atoms with van der Waals surface area (Å²) in [5.41, 5.74) is 0.490. The van der Waals surface area contributed by atoms with E-state index in [0.29, 0.717) is 16.4 Å². The summed E-state index contributed by atoms with van der Waals surface area (Å²) in [6.07, 6.45) is 3.54. The number of amides is 1. The molecule has 0 aliphatic rings. The molecule has 0 aromatic carbocycles. The van der Waals surface area contributed by atoms with Gasteiger partial charge >= 0.3 is 0 Å². The summed E-state index contributed by atoms with van der Waals surface area (Å²) in [7, 11) is 3.54. The number of aromatic nitrogens is 1. The van der Waals surface area contributed by atoms with Gasteiger partial charge in [-0.3, -0.25) is 4.79 Å². The molecule has 1 aromatic rings. The molecule has 1 N–H and O–H groups in total. The summed E-state index contributed by atoms with van der Waals surface area (Å²) in [5, 5.41) is 3.28. The van der Waals surface area contributed by atoms with Gasteiger partial charge in [0.25, 0.3) is 5.91 Å². The van der Waals surface area contributed by atoms with Crippen LogP contribution in [0.2, 0.25) is 5.02 Å². The number of carbonyl (C=O) groups is 1. The van der Waals surface area contributed by atoms with E-state index in [1.165, 1.54) is 6.20 Å². The SMILES string of the molecule is CCCCN(C)C(=O)c1cc(NC)ncc1Cl. The fraction of sp³-hybridized carbons (Fsp3) is 0.500. The normalized spacial score (nSPS) is 10.1. The number of unbranched alkanes of at least 4 members (excludes halogenated alkanes) is 1. The Labute approximate surface area is 107 Å². The average molecular weight is 256 g/mol. The van der Waals surface area contributed by atoms with Gasteiger partial charge in [0, 0.05) is 26.8 Å². The predicted octanol–water partition coefficient (Wildman–Crippen LogP) is 2.65. The number of nitrogens with zero attached hydrogens (tertiary/aromatic N) is 2. The van der Waals surface area contributed by atoms with Crippen molar-refractivity contribution >= 4 is 23.3 Å². The van der Waals surface area contributed by atoms with Crippen molar-refractivity contribution in [1.82, 2.24) is 9.88 Å². The third-order valence-electron chi connectivity index (χ3n) is 2.54. The molecular formula is C12H18ClN3O. The lowest BCUT2D eigenvalue weighted by molar-refractivity contribution is 0.0793. The third kappa shape index (κ3) is 3.60. The van der Waals surface area contributed by atoms with E-state index in [0.717, 1.165) is 19.4 Å². The summed E-state index contributed by atoms with van der Waals surface area (Å²) in [4.78, 5) is 17.9. The van der Waals surface area contributed by atoms with Crippen LogP contribution in [0.3, 0.4) is 0 Å². The minimum absolute atomic E-state index is 0.0673. The minimum Gasteiger partial charge on any atom is -0.373 e. The van der Waals surface area contributed by atoms with Crippen molar-refractivity contribution < 1.29 is 4.79 Å². The number of halogens is 1. The molecule has 0 bridgehead atoms. The summed E-state index contributed by atoms with van der Waals surface area (Å²) >= 11 is 5.99. The van der Waals surface area contributed by atoms with Crippen LogP contribution in [-0.2, 0) is 0 Å². The third-order valence-corrected chi connectivity index (χ3v) is 2.84. The molecule has 5 heteroatoms. The van der Waals surface area contributed by atoms with Crippen molar-refractivity contribution in [3.8, 4) is 0 Å². The zero-order chi connectivity index (χ0) is 12.8. The predicted molar refractivity (Wildman–Crippen MR) is 70.7 cm³/mol. The van der Waals surface area contributed by atoms with Crippen LogP contribution >= 0.6 is 11.6 Å². The lowest BCUT2D eigenvalue weighted by atomic mass is 10.2. The summed E-state index contributed by atoms with van der Waals surface area (Å²) in [6.45, 7) is 2.83. The van der Waals surface area contributed by atoms with E-state index >= 15 is 0 Å². The van der Waals surface area contributed by atoms with Crippen LogP contribution < -0.4 is 5.32 Å². The molecule has 0 unspecified atom stereocenters. The number of carbonyl (C=O) groups excluding carboxylic acids is 1. The van der Waals surface area contributed by atoms with Gasteiger partial charge in [0.05, 0.1) is 10.6 Å². The molecule has 1 aromatic heterocycles. The van der Waals surface area contributed by atoms with Crippen LogP contribution in [0.1, 0.15) is 30.1 Å². The molecule has 0 aliphatic carbocycles. The Balaban J connectivity index is 2.87. The molecule has 0 aliphatic heterocycles. The van der Waals surface area contributed by atoms with Crippen molar-refractivity contribution in [2.45, 2.75) is 19.8 Å².